The molecule has 1 N–H and O–H groups in total. The maximum Gasteiger partial charge on any atom is 0.161 e. The molecule has 0 spiro atoms. The van der Waals surface area contributed by atoms with Crippen molar-refractivity contribution >= 4 is 40.3 Å². The lowest BCUT2D eigenvalue weighted by atomic mass is 10.2. The number of benzene rings is 2. The summed E-state index contributed by atoms with van der Waals surface area (Å²) < 4.78 is 12.5. The molecule has 8 heteroatoms. The second-order valence-corrected chi connectivity index (χ2v) is 6.95. The number of aromatic nitrogens is 2. The van der Waals surface area contributed by atoms with Crippen LogP contribution in [-0.2, 0) is 9.53 Å². The lowest BCUT2D eigenvalue weighted by molar-refractivity contribution is -0.118. The first kappa shape index (κ1) is 18.7. The van der Waals surface area contributed by atoms with E-state index in [1.807, 2.05) is 42.5 Å². The number of hydrogen-bond donors (Lipinski definition) is 1. The van der Waals surface area contributed by atoms with Gasteiger partial charge in [0.25, 0.3) is 0 Å². The minimum Gasteiger partial charge on any atom is -0.497 e. The Morgan fingerprint density at radius 1 is 1.25 bits per heavy atom. The zero-order chi connectivity index (χ0) is 19.5. The first-order valence-corrected chi connectivity index (χ1v) is 9.43. The molecule has 1 unspecified atom stereocenters. The number of hydrogen-bond acceptors (Lipinski definition) is 6. The van der Waals surface area contributed by atoms with Gasteiger partial charge >= 0.3 is 0 Å². The van der Waals surface area contributed by atoms with Crippen LogP contribution in [0.25, 0.3) is 10.9 Å². The van der Waals surface area contributed by atoms with E-state index in [1.54, 1.807) is 11.8 Å². The fourth-order valence-electron chi connectivity index (χ4n) is 3.38. The van der Waals surface area contributed by atoms with Gasteiger partial charge in [-0.05, 0) is 36.4 Å². The number of nitrogens with zero attached hydrogens (tertiary/aromatic N) is 3. The number of fused-ring (bicyclic) bond motifs is 1. The van der Waals surface area contributed by atoms with Crippen molar-refractivity contribution in [2.45, 2.75) is 6.17 Å². The zero-order valence-electron chi connectivity index (χ0n) is 15.5. The fourth-order valence-corrected chi connectivity index (χ4v) is 3.57. The molecule has 28 heavy (non-hydrogen) atoms. The van der Waals surface area contributed by atoms with Crippen LogP contribution in [0.4, 0.5) is 11.5 Å². The quantitative estimate of drug-likeness (QED) is 0.639. The highest BCUT2D eigenvalue weighted by molar-refractivity contribution is 6.30. The number of carbonyl (C=O) groups is 1. The van der Waals surface area contributed by atoms with Gasteiger partial charge < -0.3 is 14.8 Å². The van der Waals surface area contributed by atoms with Gasteiger partial charge in [-0.25, -0.2) is 4.68 Å². The SMILES string of the molecule is COc1ccc2c(c1)c(Nc1cccc(Cl)c1)nn2C(C=O)N1CCOCC1. The van der Waals surface area contributed by atoms with E-state index in [9.17, 15) is 4.79 Å². The Morgan fingerprint density at radius 2 is 2.07 bits per heavy atom. The summed E-state index contributed by atoms with van der Waals surface area (Å²) >= 11 is 6.11. The van der Waals surface area contributed by atoms with Gasteiger partial charge in [0.2, 0.25) is 0 Å². The predicted octanol–water partition coefficient (Wildman–Crippen LogP) is 3.47. The average Bonchev–Trinajstić information content (AvgIpc) is 3.07. The number of halogens is 1. The number of nitrogens with one attached hydrogen (secondary N) is 1. The van der Waals surface area contributed by atoms with Crippen LogP contribution in [0, 0.1) is 0 Å². The first-order valence-electron chi connectivity index (χ1n) is 9.05. The van der Waals surface area contributed by atoms with Crippen molar-refractivity contribution in [3.8, 4) is 5.75 Å². The molecule has 1 aliphatic rings. The largest absolute Gasteiger partial charge is 0.497 e. The molecule has 146 valence electrons. The van der Waals surface area contributed by atoms with Crippen LogP contribution in [0.3, 0.4) is 0 Å². The van der Waals surface area contributed by atoms with Crippen molar-refractivity contribution in [1.82, 2.24) is 14.7 Å². The lowest BCUT2D eigenvalue weighted by Crippen LogP contribution is -2.42. The molecule has 4 rings (SSSR count). The van der Waals surface area contributed by atoms with Gasteiger partial charge in [0.1, 0.15) is 5.75 Å². The molecule has 1 fully saturated rings. The van der Waals surface area contributed by atoms with E-state index in [0.717, 1.165) is 28.6 Å². The monoisotopic (exact) mass is 400 g/mol. The minimum atomic E-state index is -0.505. The maximum atomic E-state index is 12.0. The van der Waals surface area contributed by atoms with E-state index in [0.29, 0.717) is 37.1 Å². The number of anilines is 2. The Balaban J connectivity index is 1.79. The molecule has 1 atom stereocenters. The van der Waals surface area contributed by atoms with Gasteiger partial charge in [0, 0.05) is 29.2 Å². The summed E-state index contributed by atoms with van der Waals surface area (Å²) in [6, 6.07) is 13.1. The number of carbonyl (C=O) groups excluding carboxylic acids is 1. The Bertz CT molecular complexity index is 985. The van der Waals surface area contributed by atoms with Gasteiger partial charge in [-0.3, -0.25) is 9.69 Å². The number of methoxy groups -OCH3 is 1. The van der Waals surface area contributed by atoms with Gasteiger partial charge in [-0.15, -0.1) is 0 Å². The predicted molar refractivity (Wildman–Crippen MR) is 109 cm³/mol. The normalized spacial score (nSPS) is 16.1. The highest BCUT2D eigenvalue weighted by Crippen LogP contribution is 2.32. The Morgan fingerprint density at radius 3 is 2.79 bits per heavy atom. The molecule has 0 radical (unpaired) electrons. The van der Waals surface area contributed by atoms with Gasteiger partial charge in [0.05, 0.1) is 25.8 Å². The van der Waals surface area contributed by atoms with Gasteiger partial charge in [0.15, 0.2) is 18.3 Å². The third kappa shape index (κ3) is 3.69. The van der Waals surface area contributed by atoms with Crippen molar-refractivity contribution in [3.63, 3.8) is 0 Å². The number of morpholine rings is 1. The summed E-state index contributed by atoms with van der Waals surface area (Å²) in [6.45, 7) is 2.56. The van der Waals surface area contributed by atoms with Crippen LogP contribution in [0.2, 0.25) is 5.02 Å². The molecule has 0 saturated carbocycles. The van der Waals surface area contributed by atoms with E-state index in [1.165, 1.54) is 0 Å². The molecule has 0 bridgehead atoms. The van der Waals surface area contributed by atoms with Crippen LogP contribution < -0.4 is 10.1 Å². The molecule has 3 aromatic rings. The van der Waals surface area contributed by atoms with E-state index in [-0.39, 0.29) is 0 Å². The number of aldehydes is 1. The Hall–Kier alpha value is -2.61. The topological polar surface area (TPSA) is 68.6 Å². The summed E-state index contributed by atoms with van der Waals surface area (Å²) in [5.74, 6) is 1.35. The van der Waals surface area contributed by atoms with Crippen molar-refractivity contribution < 1.29 is 14.3 Å². The second kappa shape index (κ2) is 8.18. The average molecular weight is 401 g/mol. The summed E-state index contributed by atoms with van der Waals surface area (Å²) in [7, 11) is 1.62. The molecule has 1 saturated heterocycles. The number of ether oxygens (including phenoxy) is 2. The first-order chi connectivity index (χ1) is 13.7. The summed E-state index contributed by atoms with van der Waals surface area (Å²) in [6.07, 6.45) is 0.417. The summed E-state index contributed by atoms with van der Waals surface area (Å²) in [5, 5.41) is 9.53. The van der Waals surface area contributed by atoms with Crippen LogP contribution >= 0.6 is 11.6 Å². The molecular weight excluding hydrogens is 380 g/mol. The third-order valence-electron chi connectivity index (χ3n) is 4.79. The van der Waals surface area contributed by atoms with Crippen LogP contribution in [0.15, 0.2) is 42.5 Å². The molecule has 1 aliphatic heterocycles. The minimum absolute atomic E-state index is 0.505. The molecule has 2 heterocycles. The Labute approximate surface area is 167 Å². The third-order valence-corrected chi connectivity index (χ3v) is 5.03. The molecule has 1 aromatic heterocycles. The molecule has 2 aromatic carbocycles. The highest BCUT2D eigenvalue weighted by atomic mass is 35.5. The fraction of sp³-hybridized carbons (Fsp3) is 0.300. The summed E-state index contributed by atoms with van der Waals surface area (Å²) in [5.41, 5.74) is 1.66. The molecule has 0 aliphatic carbocycles. The van der Waals surface area contributed by atoms with Crippen molar-refractivity contribution in [3.05, 3.63) is 47.5 Å². The van der Waals surface area contributed by atoms with Crippen LogP contribution in [0.5, 0.6) is 5.75 Å². The van der Waals surface area contributed by atoms with Gasteiger partial charge in [-0.1, -0.05) is 17.7 Å². The van der Waals surface area contributed by atoms with E-state index in [2.05, 4.69) is 10.2 Å². The van der Waals surface area contributed by atoms with Crippen LogP contribution in [0.1, 0.15) is 6.17 Å². The highest BCUT2D eigenvalue weighted by Gasteiger charge is 2.25. The van der Waals surface area contributed by atoms with Crippen LogP contribution in [-0.4, -0.2) is 54.4 Å². The molecule has 7 nitrogen and oxygen atoms in total. The molecular formula is C20H21ClN4O3. The van der Waals surface area contributed by atoms with E-state index < -0.39 is 6.17 Å². The van der Waals surface area contributed by atoms with E-state index >= 15 is 0 Å². The zero-order valence-corrected chi connectivity index (χ0v) is 16.2. The van der Waals surface area contributed by atoms with Gasteiger partial charge in [-0.2, -0.15) is 5.10 Å². The smallest absolute Gasteiger partial charge is 0.161 e. The number of rotatable bonds is 6. The Kier molecular flexibility index (Phi) is 5.47. The van der Waals surface area contributed by atoms with E-state index in [4.69, 9.17) is 26.2 Å². The summed E-state index contributed by atoms with van der Waals surface area (Å²) in [4.78, 5) is 14.0. The lowest BCUT2D eigenvalue weighted by Gasteiger charge is -2.31. The molecule has 0 amide bonds. The second-order valence-electron chi connectivity index (χ2n) is 6.51. The standard InChI is InChI=1S/C20H21ClN4O3/c1-27-16-5-6-18-17(12-16)20(22-15-4-2-3-14(21)11-15)23-25(18)19(13-26)24-7-9-28-10-8-24/h2-6,11-13,19H,7-10H2,1H3,(H,22,23). The van der Waals surface area contributed by atoms with Crippen molar-refractivity contribution in [2.24, 2.45) is 0 Å². The maximum absolute atomic E-state index is 12.0. The van der Waals surface area contributed by atoms with Crippen molar-refractivity contribution in [1.29, 1.82) is 0 Å². The van der Waals surface area contributed by atoms with Crippen molar-refractivity contribution in [2.75, 3.05) is 38.7 Å².